The van der Waals surface area contributed by atoms with Crippen molar-refractivity contribution in [2.75, 3.05) is 0 Å². The molecule has 0 spiro atoms. The second-order valence-corrected chi connectivity index (χ2v) is 4.52. The van der Waals surface area contributed by atoms with Crippen LogP contribution in [0.3, 0.4) is 0 Å². The van der Waals surface area contributed by atoms with Crippen LogP contribution in [0.1, 0.15) is 38.5 Å². The van der Waals surface area contributed by atoms with Crippen LogP contribution in [-0.4, -0.2) is 6.04 Å². The van der Waals surface area contributed by atoms with E-state index in [1.54, 1.807) is 11.3 Å². The third-order valence-corrected chi connectivity index (χ3v) is 3.73. The third kappa shape index (κ3) is 1.13. The van der Waals surface area contributed by atoms with Gasteiger partial charge in [-0.15, -0.1) is 0 Å². The van der Waals surface area contributed by atoms with Gasteiger partial charge in [0, 0.05) is 17.7 Å². The smallest absolute Gasteiger partial charge is 0.0327 e. The average molecular weight is 175 g/mol. The highest BCUT2D eigenvalue weighted by atomic mass is 15.0. The Labute approximate surface area is 79.9 Å². The van der Waals surface area contributed by atoms with Crippen LogP contribution < -0.4 is 5.32 Å². The fourth-order valence-electron chi connectivity index (χ4n) is 3.09. The quantitative estimate of drug-likeness (QED) is 0.597. The van der Waals surface area contributed by atoms with Crippen molar-refractivity contribution in [3.05, 3.63) is 23.4 Å². The summed E-state index contributed by atoms with van der Waals surface area (Å²) < 4.78 is 0. The number of allylic oxidation sites excluding steroid dienone is 3. The molecule has 13 heavy (non-hydrogen) atoms. The molecule has 2 atom stereocenters. The summed E-state index contributed by atoms with van der Waals surface area (Å²) in [6.07, 6.45) is 12.9. The van der Waals surface area contributed by atoms with Gasteiger partial charge < -0.3 is 5.32 Å². The van der Waals surface area contributed by atoms with Crippen LogP contribution in [0, 0.1) is 5.92 Å². The van der Waals surface area contributed by atoms with Crippen molar-refractivity contribution in [1.82, 2.24) is 5.32 Å². The van der Waals surface area contributed by atoms with Crippen molar-refractivity contribution in [1.29, 1.82) is 0 Å². The molecule has 0 aromatic carbocycles. The lowest BCUT2D eigenvalue weighted by Crippen LogP contribution is -2.31. The highest BCUT2D eigenvalue weighted by molar-refractivity contribution is 5.36. The maximum absolute atomic E-state index is 3.72. The molecule has 70 valence electrons. The van der Waals surface area contributed by atoms with Crippen molar-refractivity contribution in [2.45, 2.75) is 44.6 Å². The number of rotatable bonds is 0. The third-order valence-electron chi connectivity index (χ3n) is 3.73. The van der Waals surface area contributed by atoms with E-state index in [2.05, 4.69) is 17.5 Å². The zero-order valence-electron chi connectivity index (χ0n) is 8.05. The monoisotopic (exact) mass is 175 g/mol. The van der Waals surface area contributed by atoms with Gasteiger partial charge in [-0.2, -0.15) is 0 Å². The number of hydrogen-bond donors (Lipinski definition) is 1. The van der Waals surface area contributed by atoms with Crippen molar-refractivity contribution in [3.8, 4) is 0 Å². The Morgan fingerprint density at radius 3 is 3.15 bits per heavy atom. The van der Waals surface area contributed by atoms with Crippen molar-refractivity contribution in [3.63, 3.8) is 0 Å². The van der Waals surface area contributed by atoms with Gasteiger partial charge in [-0.3, -0.25) is 0 Å². The van der Waals surface area contributed by atoms with Gasteiger partial charge in [-0.1, -0.05) is 25.0 Å². The lowest BCUT2D eigenvalue weighted by molar-refractivity contribution is 0.342. The standard InChI is InChI=1S/C12H17N/c1-3-7-11-9(5-1)10-6-2-4-8-12(10)13-11/h1,5,10,12-13H,2-4,6-8H2. The summed E-state index contributed by atoms with van der Waals surface area (Å²) in [5.41, 5.74) is 3.22. The molecule has 0 amide bonds. The first-order valence-corrected chi connectivity index (χ1v) is 5.61. The molecule has 1 nitrogen and oxygen atoms in total. The van der Waals surface area contributed by atoms with E-state index in [0.29, 0.717) is 0 Å². The minimum atomic E-state index is 0.793. The minimum absolute atomic E-state index is 0.793. The van der Waals surface area contributed by atoms with Gasteiger partial charge in [0.2, 0.25) is 0 Å². The van der Waals surface area contributed by atoms with Crippen molar-refractivity contribution in [2.24, 2.45) is 5.92 Å². The molecular weight excluding hydrogens is 158 g/mol. The van der Waals surface area contributed by atoms with Crippen LogP contribution in [0.25, 0.3) is 0 Å². The van der Waals surface area contributed by atoms with E-state index in [9.17, 15) is 0 Å². The van der Waals surface area contributed by atoms with E-state index in [1.165, 1.54) is 38.5 Å². The molecule has 0 radical (unpaired) electrons. The SMILES string of the molecule is C1=CC2=C(CC1)NC1CCCCC21. The lowest BCUT2D eigenvalue weighted by atomic mass is 9.81. The molecule has 1 heterocycles. The maximum atomic E-state index is 3.72. The molecule has 1 N–H and O–H groups in total. The first-order chi connectivity index (χ1) is 6.45. The maximum Gasteiger partial charge on any atom is 0.0327 e. The van der Waals surface area contributed by atoms with Crippen LogP contribution in [0.2, 0.25) is 0 Å². The first-order valence-electron chi connectivity index (χ1n) is 5.61. The van der Waals surface area contributed by atoms with Gasteiger partial charge in [-0.05, 0) is 31.3 Å². The Morgan fingerprint density at radius 2 is 2.15 bits per heavy atom. The molecular formula is C12H17N. The first kappa shape index (κ1) is 7.66. The van der Waals surface area contributed by atoms with Gasteiger partial charge in [0.05, 0.1) is 0 Å². The van der Waals surface area contributed by atoms with Gasteiger partial charge in [0.15, 0.2) is 0 Å². The second-order valence-electron chi connectivity index (χ2n) is 4.52. The van der Waals surface area contributed by atoms with Gasteiger partial charge >= 0.3 is 0 Å². The number of nitrogens with one attached hydrogen (secondary N) is 1. The molecule has 0 saturated heterocycles. The van der Waals surface area contributed by atoms with Crippen LogP contribution in [0.15, 0.2) is 23.4 Å². The van der Waals surface area contributed by atoms with E-state index in [0.717, 1.165) is 12.0 Å². The summed E-state index contributed by atoms with van der Waals surface area (Å²) in [6, 6.07) is 0.793. The Morgan fingerprint density at radius 1 is 1.23 bits per heavy atom. The van der Waals surface area contributed by atoms with E-state index in [-0.39, 0.29) is 0 Å². The number of fused-ring (bicyclic) bond motifs is 2. The van der Waals surface area contributed by atoms with E-state index < -0.39 is 0 Å². The topological polar surface area (TPSA) is 12.0 Å². The minimum Gasteiger partial charge on any atom is -0.385 e. The highest BCUT2D eigenvalue weighted by Crippen LogP contribution is 2.39. The predicted octanol–water partition coefficient (Wildman–Crippen LogP) is 2.75. The summed E-state index contributed by atoms with van der Waals surface area (Å²) in [6.45, 7) is 0. The summed E-state index contributed by atoms with van der Waals surface area (Å²) >= 11 is 0. The van der Waals surface area contributed by atoms with Gasteiger partial charge in [0.25, 0.3) is 0 Å². The van der Waals surface area contributed by atoms with E-state index in [4.69, 9.17) is 0 Å². The van der Waals surface area contributed by atoms with E-state index in [1.807, 2.05) is 0 Å². The fraction of sp³-hybridized carbons (Fsp3) is 0.667. The molecule has 3 rings (SSSR count). The van der Waals surface area contributed by atoms with Crippen LogP contribution in [0.5, 0.6) is 0 Å². The molecule has 3 aliphatic rings. The van der Waals surface area contributed by atoms with Crippen LogP contribution >= 0.6 is 0 Å². The molecule has 1 saturated carbocycles. The molecule has 0 aromatic heterocycles. The summed E-state index contributed by atoms with van der Waals surface area (Å²) in [7, 11) is 0. The van der Waals surface area contributed by atoms with Crippen LogP contribution in [0.4, 0.5) is 0 Å². The molecule has 1 fully saturated rings. The molecule has 1 aliphatic heterocycles. The Balaban J connectivity index is 1.90. The molecule has 1 heteroatoms. The van der Waals surface area contributed by atoms with E-state index >= 15 is 0 Å². The Hall–Kier alpha value is -0.720. The van der Waals surface area contributed by atoms with Crippen molar-refractivity contribution >= 4 is 0 Å². The highest BCUT2D eigenvalue weighted by Gasteiger charge is 2.34. The summed E-state index contributed by atoms with van der Waals surface area (Å²) in [4.78, 5) is 0. The molecule has 2 aliphatic carbocycles. The fourth-order valence-corrected chi connectivity index (χ4v) is 3.09. The number of hydrogen-bond acceptors (Lipinski definition) is 1. The molecule has 0 aromatic rings. The predicted molar refractivity (Wildman–Crippen MR) is 54.3 cm³/mol. The summed E-state index contributed by atoms with van der Waals surface area (Å²) in [5, 5.41) is 3.72. The normalized spacial score (nSPS) is 36.9. The van der Waals surface area contributed by atoms with Gasteiger partial charge in [-0.25, -0.2) is 0 Å². The Kier molecular flexibility index (Phi) is 1.71. The molecule has 0 bridgehead atoms. The van der Waals surface area contributed by atoms with Gasteiger partial charge in [0.1, 0.15) is 0 Å². The Bertz CT molecular complexity index is 275. The zero-order chi connectivity index (χ0) is 8.67. The average Bonchev–Trinajstić information content (AvgIpc) is 2.56. The largest absolute Gasteiger partial charge is 0.385 e. The lowest BCUT2D eigenvalue weighted by Gasteiger charge is -2.26. The van der Waals surface area contributed by atoms with Crippen molar-refractivity contribution < 1.29 is 0 Å². The summed E-state index contributed by atoms with van der Waals surface area (Å²) in [5.74, 6) is 0.861. The zero-order valence-corrected chi connectivity index (χ0v) is 8.05. The second kappa shape index (κ2) is 2.90. The molecule has 2 unspecified atom stereocenters. The van der Waals surface area contributed by atoms with Crippen LogP contribution in [-0.2, 0) is 0 Å².